The average Bonchev–Trinajstić information content (AvgIpc) is 2.33. The molecule has 0 aromatic heterocycles. The van der Waals surface area contributed by atoms with E-state index in [1.54, 1.807) is 12.1 Å². The molecule has 0 saturated carbocycles. The minimum absolute atomic E-state index is 0.0641. The molecule has 1 rings (SSSR count). The molecule has 1 aromatic carbocycles. The van der Waals surface area contributed by atoms with Crippen molar-refractivity contribution >= 4 is 65.5 Å². The number of carboxylic acid groups (broad SMARTS) is 1. The molecule has 9 heteroatoms. The molecule has 1 aromatic rings. The number of aliphatic carboxylic acids is 1. The van der Waals surface area contributed by atoms with Crippen LogP contribution in [0.15, 0.2) is 25.6 Å². The van der Waals surface area contributed by atoms with Crippen LogP contribution in [0, 0.1) is 0 Å². The first kappa shape index (κ1) is 17.4. The number of aliphatic hydroxyl groups is 1. The number of hydrogen-bond donors (Lipinski definition) is 4. The van der Waals surface area contributed by atoms with Crippen molar-refractivity contribution in [1.29, 1.82) is 0 Å². The van der Waals surface area contributed by atoms with Crippen LogP contribution in [0.25, 0.3) is 0 Å². The lowest BCUT2D eigenvalue weighted by Crippen LogP contribution is -2.43. The second-order valence-corrected chi connectivity index (χ2v) is 6.37. The van der Waals surface area contributed by atoms with E-state index < -0.39 is 18.0 Å². The van der Waals surface area contributed by atoms with Crippen LogP contribution in [0.2, 0.25) is 0 Å². The summed E-state index contributed by atoms with van der Waals surface area (Å²) in [6, 6.07) is 1.66. The minimum Gasteiger partial charge on any atom is -0.480 e. The van der Waals surface area contributed by atoms with Crippen molar-refractivity contribution in [3.05, 3.63) is 25.6 Å². The largest absolute Gasteiger partial charge is 0.480 e. The first-order valence-corrected chi connectivity index (χ1v) is 7.78. The fourth-order valence-corrected chi connectivity index (χ4v) is 3.81. The van der Waals surface area contributed by atoms with E-state index in [1.165, 1.54) is 0 Å². The summed E-state index contributed by atoms with van der Waals surface area (Å²) in [6.45, 7) is -0.330. The molecule has 0 aliphatic rings. The summed E-state index contributed by atoms with van der Waals surface area (Å²) in [6.07, 6.45) is -0.0641. The Morgan fingerprint density at radius 3 is 2.20 bits per heavy atom. The Hall–Kier alpha value is -0.640. The predicted molar refractivity (Wildman–Crippen MR) is 84.8 cm³/mol. The summed E-state index contributed by atoms with van der Waals surface area (Å²) >= 11 is 9.89. The third kappa shape index (κ3) is 5.04. The predicted octanol–water partition coefficient (Wildman–Crippen LogP) is 2.93. The van der Waals surface area contributed by atoms with Gasteiger partial charge in [0, 0.05) is 26.4 Å². The number of anilines is 1. The van der Waals surface area contributed by atoms with Crippen LogP contribution in [-0.2, 0) is 4.79 Å². The molecule has 0 heterocycles. The number of hydrogen-bond acceptors (Lipinski definition) is 3. The highest BCUT2D eigenvalue weighted by molar-refractivity contribution is 9.11. The molecule has 110 valence electrons. The summed E-state index contributed by atoms with van der Waals surface area (Å²) in [5.41, 5.74) is 0.471. The molecule has 20 heavy (non-hydrogen) atoms. The van der Waals surface area contributed by atoms with Crippen molar-refractivity contribution in [3.63, 3.8) is 0 Å². The van der Waals surface area contributed by atoms with Crippen molar-refractivity contribution in [2.45, 2.75) is 12.5 Å². The van der Waals surface area contributed by atoms with Gasteiger partial charge in [-0.2, -0.15) is 0 Å². The van der Waals surface area contributed by atoms with Gasteiger partial charge in [0.25, 0.3) is 0 Å². The highest BCUT2D eigenvalue weighted by Crippen LogP contribution is 2.34. The Morgan fingerprint density at radius 2 is 1.75 bits per heavy atom. The highest BCUT2D eigenvalue weighted by atomic mass is 79.9. The number of benzene rings is 1. The number of amides is 2. The third-order valence-corrected chi connectivity index (χ3v) is 3.98. The SMILES string of the molecule is O=C(Nc1c(Br)cc(Br)cc1Br)NC(CCO)C(=O)O. The molecular weight excluding hydrogens is 464 g/mol. The van der Waals surface area contributed by atoms with Crippen molar-refractivity contribution in [1.82, 2.24) is 5.32 Å². The molecular formula is C11H11Br3N2O4. The Morgan fingerprint density at radius 1 is 1.20 bits per heavy atom. The normalized spacial score (nSPS) is 11.8. The maximum absolute atomic E-state index is 11.8. The van der Waals surface area contributed by atoms with Crippen LogP contribution in [-0.4, -0.2) is 34.9 Å². The number of halogens is 3. The minimum atomic E-state index is -1.21. The Labute approximate surface area is 140 Å². The van der Waals surface area contributed by atoms with E-state index in [9.17, 15) is 9.59 Å². The van der Waals surface area contributed by atoms with Crippen LogP contribution in [0.5, 0.6) is 0 Å². The van der Waals surface area contributed by atoms with E-state index in [0.717, 1.165) is 4.47 Å². The summed E-state index contributed by atoms with van der Waals surface area (Å²) < 4.78 is 2.07. The van der Waals surface area contributed by atoms with Gasteiger partial charge in [0.05, 0.1) is 5.69 Å². The summed E-state index contributed by atoms with van der Waals surface area (Å²) in [5.74, 6) is -1.21. The molecule has 0 aliphatic heterocycles. The fourth-order valence-electron chi connectivity index (χ4n) is 1.36. The number of rotatable bonds is 5. The van der Waals surface area contributed by atoms with Gasteiger partial charge in [0.1, 0.15) is 6.04 Å². The highest BCUT2D eigenvalue weighted by Gasteiger charge is 2.20. The van der Waals surface area contributed by atoms with Crippen LogP contribution in [0.1, 0.15) is 6.42 Å². The number of nitrogens with one attached hydrogen (secondary N) is 2. The zero-order valence-corrected chi connectivity index (χ0v) is 14.7. The van der Waals surface area contributed by atoms with E-state index in [-0.39, 0.29) is 13.0 Å². The molecule has 6 nitrogen and oxygen atoms in total. The monoisotopic (exact) mass is 472 g/mol. The third-order valence-electron chi connectivity index (χ3n) is 2.27. The smallest absolute Gasteiger partial charge is 0.326 e. The second kappa shape index (κ2) is 7.96. The number of carbonyl (C=O) groups is 2. The Bertz CT molecular complexity index is 501. The maximum atomic E-state index is 11.8. The number of aliphatic hydroxyl groups excluding tert-OH is 1. The summed E-state index contributed by atoms with van der Waals surface area (Å²) in [5, 5.41) is 22.5. The summed E-state index contributed by atoms with van der Waals surface area (Å²) in [7, 11) is 0. The van der Waals surface area contributed by atoms with Gasteiger partial charge in [0.2, 0.25) is 0 Å². The first-order chi connectivity index (χ1) is 9.35. The molecule has 1 atom stereocenters. The van der Waals surface area contributed by atoms with E-state index in [2.05, 4.69) is 58.4 Å². The zero-order chi connectivity index (χ0) is 15.3. The van der Waals surface area contributed by atoms with E-state index >= 15 is 0 Å². The summed E-state index contributed by atoms with van der Waals surface area (Å²) in [4.78, 5) is 22.6. The Kier molecular flexibility index (Phi) is 6.93. The lowest BCUT2D eigenvalue weighted by molar-refractivity contribution is -0.139. The van der Waals surface area contributed by atoms with Gasteiger partial charge in [-0.25, -0.2) is 9.59 Å². The van der Waals surface area contributed by atoms with Crippen molar-refractivity contribution in [3.8, 4) is 0 Å². The molecule has 1 unspecified atom stereocenters. The quantitative estimate of drug-likeness (QED) is 0.527. The topological polar surface area (TPSA) is 98.7 Å². The molecule has 0 spiro atoms. The molecule has 0 saturated heterocycles. The maximum Gasteiger partial charge on any atom is 0.326 e. The molecule has 0 fully saturated rings. The van der Waals surface area contributed by atoms with Gasteiger partial charge >= 0.3 is 12.0 Å². The van der Waals surface area contributed by atoms with Gasteiger partial charge in [-0.15, -0.1) is 0 Å². The lowest BCUT2D eigenvalue weighted by atomic mass is 10.2. The van der Waals surface area contributed by atoms with Crippen LogP contribution >= 0.6 is 47.8 Å². The van der Waals surface area contributed by atoms with Crippen LogP contribution in [0.3, 0.4) is 0 Å². The van der Waals surface area contributed by atoms with Crippen LogP contribution < -0.4 is 10.6 Å². The fraction of sp³-hybridized carbons (Fsp3) is 0.273. The molecule has 2 amide bonds. The standard InChI is InChI=1S/C11H11Br3N2O4/c12-5-3-6(13)9(7(14)4-5)16-11(20)15-8(1-2-17)10(18)19/h3-4,8,17H,1-2H2,(H,18,19)(H2,15,16,20). The molecule has 4 N–H and O–H groups in total. The number of carbonyl (C=O) groups excluding carboxylic acids is 1. The van der Waals surface area contributed by atoms with Crippen molar-refractivity contribution < 1.29 is 19.8 Å². The Balaban J connectivity index is 2.78. The van der Waals surface area contributed by atoms with E-state index in [1.807, 2.05) is 0 Å². The van der Waals surface area contributed by atoms with Gasteiger partial charge in [-0.3, -0.25) is 0 Å². The zero-order valence-electron chi connectivity index (χ0n) is 9.99. The number of carboxylic acids is 1. The van der Waals surface area contributed by atoms with Crippen LogP contribution in [0.4, 0.5) is 10.5 Å². The van der Waals surface area contributed by atoms with E-state index in [4.69, 9.17) is 10.2 Å². The van der Waals surface area contributed by atoms with E-state index in [0.29, 0.717) is 14.6 Å². The van der Waals surface area contributed by atoms with Crippen molar-refractivity contribution in [2.75, 3.05) is 11.9 Å². The molecule has 0 aliphatic carbocycles. The lowest BCUT2D eigenvalue weighted by Gasteiger charge is -2.15. The van der Waals surface area contributed by atoms with Gasteiger partial charge in [0.15, 0.2) is 0 Å². The number of urea groups is 1. The van der Waals surface area contributed by atoms with Crippen molar-refractivity contribution in [2.24, 2.45) is 0 Å². The molecule has 0 radical (unpaired) electrons. The van der Waals surface area contributed by atoms with Gasteiger partial charge in [-0.1, -0.05) is 15.9 Å². The molecule has 0 bridgehead atoms. The van der Waals surface area contributed by atoms with Gasteiger partial charge in [-0.05, 0) is 44.0 Å². The van der Waals surface area contributed by atoms with Gasteiger partial charge < -0.3 is 20.8 Å². The first-order valence-electron chi connectivity index (χ1n) is 5.41. The second-order valence-electron chi connectivity index (χ2n) is 3.75. The average molecular weight is 475 g/mol.